The second-order valence-corrected chi connectivity index (χ2v) is 7.18. The Morgan fingerprint density at radius 2 is 1.89 bits per heavy atom. The van der Waals surface area contributed by atoms with Gasteiger partial charge in [-0.05, 0) is 63.5 Å². The minimum absolute atomic E-state index is 0.603. The van der Waals surface area contributed by atoms with Crippen molar-refractivity contribution in [3.05, 3.63) is 0 Å². The van der Waals surface area contributed by atoms with E-state index < -0.39 is 0 Å². The molecule has 106 valence electrons. The summed E-state index contributed by atoms with van der Waals surface area (Å²) in [6, 6.07) is 1.64. The molecule has 1 heterocycles. The first-order valence-electron chi connectivity index (χ1n) is 8.08. The van der Waals surface area contributed by atoms with E-state index in [-0.39, 0.29) is 0 Å². The summed E-state index contributed by atoms with van der Waals surface area (Å²) in [7, 11) is 0. The molecular weight excluding hydrogens is 220 g/mol. The minimum Gasteiger partial charge on any atom is -0.313 e. The number of hydrogen-bond acceptors (Lipinski definition) is 2. The van der Waals surface area contributed by atoms with Crippen molar-refractivity contribution < 1.29 is 0 Å². The summed E-state index contributed by atoms with van der Waals surface area (Å²) in [4.78, 5) is 2.78. The van der Waals surface area contributed by atoms with Crippen LogP contribution in [-0.4, -0.2) is 36.6 Å². The number of likely N-dealkylation sites (tertiary alicyclic amines) is 1. The van der Waals surface area contributed by atoms with Crippen LogP contribution in [0.1, 0.15) is 65.7 Å². The van der Waals surface area contributed by atoms with E-state index in [1.807, 2.05) is 0 Å². The Balaban J connectivity index is 1.78. The highest BCUT2D eigenvalue weighted by atomic mass is 15.2. The van der Waals surface area contributed by atoms with Gasteiger partial charge in [-0.3, -0.25) is 4.90 Å². The second kappa shape index (κ2) is 6.38. The Kier molecular flexibility index (Phi) is 5.08. The normalized spacial score (nSPS) is 30.5. The fraction of sp³-hybridized carbons (Fsp3) is 1.00. The molecule has 1 unspecified atom stereocenters. The zero-order chi connectivity index (χ0) is 13.0. The Morgan fingerprint density at radius 1 is 1.17 bits per heavy atom. The van der Waals surface area contributed by atoms with Crippen molar-refractivity contribution in [3.8, 4) is 0 Å². The van der Waals surface area contributed by atoms with Crippen LogP contribution >= 0.6 is 0 Å². The average molecular weight is 252 g/mol. The molecule has 0 radical (unpaired) electrons. The molecule has 1 saturated carbocycles. The van der Waals surface area contributed by atoms with Crippen LogP contribution in [0.5, 0.6) is 0 Å². The van der Waals surface area contributed by atoms with Crippen molar-refractivity contribution in [2.75, 3.05) is 19.6 Å². The number of hydrogen-bond donors (Lipinski definition) is 1. The molecule has 1 N–H and O–H groups in total. The van der Waals surface area contributed by atoms with Crippen LogP contribution in [0.4, 0.5) is 0 Å². The molecule has 1 atom stereocenters. The highest BCUT2D eigenvalue weighted by Crippen LogP contribution is 2.37. The summed E-state index contributed by atoms with van der Waals surface area (Å²) in [5.74, 6) is 0. The molecule has 2 aliphatic rings. The molecule has 0 aromatic rings. The molecule has 0 aromatic heterocycles. The first-order valence-corrected chi connectivity index (χ1v) is 8.08. The summed E-state index contributed by atoms with van der Waals surface area (Å²) >= 11 is 0. The van der Waals surface area contributed by atoms with E-state index >= 15 is 0 Å². The topological polar surface area (TPSA) is 15.3 Å². The van der Waals surface area contributed by atoms with Gasteiger partial charge in [-0.25, -0.2) is 0 Å². The van der Waals surface area contributed by atoms with Gasteiger partial charge in [0.05, 0.1) is 0 Å². The highest BCUT2D eigenvalue weighted by Gasteiger charge is 2.32. The monoisotopic (exact) mass is 252 g/mol. The van der Waals surface area contributed by atoms with Gasteiger partial charge < -0.3 is 5.32 Å². The van der Waals surface area contributed by atoms with Crippen LogP contribution in [0.2, 0.25) is 0 Å². The predicted molar refractivity (Wildman–Crippen MR) is 78.9 cm³/mol. The van der Waals surface area contributed by atoms with Crippen molar-refractivity contribution in [3.63, 3.8) is 0 Å². The fourth-order valence-electron chi connectivity index (χ4n) is 3.60. The number of nitrogens with zero attached hydrogens (tertiary/aromatic N) is 1. The standard InChI is InChI=1S/C16H32N2/c1-4-11-17-14-6-5-12-18(13-14)15-7-9-16(2,3)10-8-15/h14-15,17H,4-13H2,1-3H3. The maximum atomic E-state index is 3.71. The SMILES string of the molecule is CCCNC1CCCN(C2CCC(C)(C)CC2)C1. The molecule has 0 bridgehead atoms. The van der Waals surface area contributed by atoms with Crippen LogP contribution in [0, 0.1) is 5.41 Å². The van der Waals surface area contributed by atoms with Crippen LogP contribution in [0.3, 0.4) is 0 Å². The largest absolute Gasteiger partial charge is 0.313 e. The summed E-state index contributed by atoms with van der Waals surface area (Å²) < 4.78 is 0. The lowest BCUT2D eigenvalue weighted by molar-refractivity contribution is 0.0781. The number of rotatable bonds is 4. The summed E-state index contributed by atoms with van der Waals surface area (Å²) in [5.41, 5.74) is 0.603. The molecule has 0 spiro atoms. The molecule has 1 aliphatic carbocycles. The molecule has 18 heavy (non-hydrogen) atoms. The predicted octanol–water partition coefficient (Wildman–Crippen LogP) is 3.42. The van der Waals surface area contributed by atoms with Crippen LogP contribution < -0.4 is 5.32 Å². The average Bonchev–Trinajstić information content (AvgIpc) is 2.37. The Hall–Kier alpha value is -0.0800. The third-order valence-corrected chi connectivity index (χ3v) is 4.96. The fourth-order valence-corrected chi connectivity index (χ4v) is 3.60. The number of piperidine rings is 1. The van der Waals surface area contributed by atoms with Crippen molar-refractivity contribution in [1.82, 2.24) is 10.2 Å². The third-order valence-electron chi connectivity index (χ3n) is 4.96. The van der Waals surface area contributed by atoms with Crippen LogP contribution in [-0.2, 0) is 0 Å². The van der Waals surface area contributed by atoms with Crippen LogP contribution in [0.15, 0.2) is 0 Å². The zero-order valence-electron chi connectivity index (χ0n) is 12.7. The number of nitrogens with one attached hydrogen (secondary N) is 1. The molecule has 2 nitrogen and oxygen atoms in total. The van der Waals surface area contributed by atoms with Gasteiger partial charge in [0, 0.05) is 18.6 Å². The molecule has 0 aromatic carbocycles. The first-order chi connectivity index (χ1) is 8.61. The smallest absolute Gasteiger partial charge is 0.0195 e. The van der Waals surface area contributed by atoms with Crippen molar-refractivity contribution in [2.45, 2.75) is 77.8 Å². The van der Waals surface area contributed by atoms with Gasteiger partial charge in [0.2, 0.25) is 0 Å². The van der Waals surface area contributed by atoms with Gasteiger partial charge in [-0.1, -0.05) is 20.8 Å². The summed E-state index contributed by atoms with van der Waals surface area (Å²) in [5, 5.41) is 3.71. The molecule has 2 fully saturated rings. The van der Waals surface area contributed by atoms with Crippen molar-refractivity contribution >= 4 is 0 Å². The van der Waals surface area contributed by atoms with E-state index in [0.29, 0.717) is 5.41 Å². The van der Waals surface area contributed by atoms with Crippen LogP contribution in [0.25, 0.3) is 0 Å². The minimum atomic E-state index is 0.603. The molecule has 0 amide bonds. The van der Waals surface area contributed by atoms with Crippen molar-refractivity contribution in [1.29, 1.82) is 0 Å². The van der Waals surface area contributed by atoms with E-state index in [9.17, 15) is 0 Å². The molecular formula is C16H32N2. The van der Waals surface area contributed by atoms with Gasteiger partial charge in [0.25, 0.3) is 0 Å². The lowest BCUT2D eigenvalue weighted by Crippen LogP contribution is -2.50. The lowest BCUT2D eigenvalue weighted by atomic mass is 9.75. The molecule has 1 saturated heterocycles. The quantitative estimate of drug-likeness (QED) is 0.825. The third kappa shape index (κ3) is 3.96. The highest BCUT2D eigenvalue weighted by molar-refractivity contribution is 4.88. The van der Waals surface area contributed by atoms with E-state index in [1.54, 1.807) is 0 Å². The van der Waals surface area contributed by atoms with E-state index in [2.05, 4.69) is 31.0 Å². The van der Waals surface area contributed by atoms with Gasteiger partial charge in [-0.2, -0.15) is 0 Å². The zero-order valence-corrected chi connectivity index (χ0v) is 12.7. The molecule has 1 aliphatic heterocycles. The van der Waals surface area contributed by atoms with E-state index in [4.69, 9.17) is 0 Å². The van der Waals surface area contributed by atoms with E-state index in [0.717, 1.165) is 12.1 Å². The molecule has 2 rings (SSSR count). The maximum Gasteiger partial charge on any atom is 0.0195 e. The summed E-state index contributed by atoms with van der Waals surface area (Å²) in [6.07, 6.45) is 9.72. The van der Waals surface area contributed by atoms with Crippen molar-refractivity contribution in [2.24, 2.45) is 5.41 Å². The Morgan fingerprint density at radius 3 is 2.56 bits per heavy atom. The first kappa shape index (κ1) is 14.3. The van der Waals surface area contributed by atoms with Gasteiger partial charge in [0.15, 0.2) is 0 Å². The van der Waals surface area contributed by atoms with Gasteiger partial charge in [-0.15, -0.1) is 0 Å². The van der Waals surface area contributed by atoms with Gasteiger partial charge >= 0.3 is 0 Å². The second-order valence-electron chi connectivity index (χ2n) is 7.18. The van der Waals surface area contributed by atoms with Gasteiger partial charge in [0.1, 0.15) is 0 Å². The van der Waals surface area contributed by atoms with E-state index in [1.165, 1.54) is 64.6 Å². The Bertz CT molecular complexity index is 239. The lowest BCUT2D eigenvalue weighted by Gasteiger charge is -2.43. The maximum absolute atomic E-state index is 3.71. The Labute approximate surface area is 114 Å². The molecule has 2 heteroatoms. The summed E-state index contributed by atoms with van der Waals surface area (Å²) in [6.45, 7) is 11.0.